The molecular weight excluding hydrogens is 557 g/mol. The zero-order valence-corrected chi connectivity index (χ0v) is 25.9. The van der Waals surface area contributed by atoms with E-state index in [9.17, 15) is 9.59 Å². The van der Waals surface area contributed by atoms with Gasteiger partial charge in [0.1, 0.15) is 17.3 Å². The van der Waals surface area contributed by atoms with Crippen LogP contribution in [0.4, 0.5) is 4.39 Å². The zero-order valence-electron chi connectivity index (χ0n) is 25.9. The highest BCUT2D eigenvalue weighted by molar-refractivity contribution is 5.95. The SMILES string of the molecule is CC(C)c1ccc(-c2ccc(Oc3cc(C(=O)NC4CCN(C5CCC5)CC4)c(F)cc3CN3C[C@@H](C)CC3=O)cc2)nn1. The van der Waals surface area contributed by atoms with Crippen molar-refractivity contribution < 1.29 is 18.7 Å². The number of carbonyl (C=O) groups is 2. The molecule has 2 amide bonds. The molecule has 3 aromatic rings. The second-order valence-corrected chi connectivity index (χ2v) is 13.0. The van der Waals surface area contributed by atoms with Crippen molar-refractivity contribution in [3.8, 4) is 22.8 Å². The van der Waals surface area contributed by atoms with E-state index in [0.717, 1.165) is 42.9 Å². The highest BCUT2D eigenvalue weighted by Crippen LogP contribution is 2.33. The smallest absolute Gasteiger partial charge is 0.254 e. The summed E-state index contributed by atoms with van der Waals surface area (Å²) >= 11 is 0. The van der Waals surface area contributed by atoms with Crippen molar-refractivity contribution in [2.45, 2.75) is 83.8 Å². The third-order valence-corrected chi connectivity index (χ3v) is 9.27. The van der Waals surface area contributed by atoms with Crippen molar-refractivity contribution in [3.05, 3.63) is 71.2 Å². The van der Waals surface area contributed by atoms with Gasteiger partial charge in [-0.2, -0.15) is 10.2 Å². The lowest BCUT2D eigenvalue weighted by molar-refractivity contribution is -0.128. The molecule has 0 bridgehead atoms. The average Bonchev–Trinajstić information content (AvgIpc) is 3.30. The Balaban J connectivity index is 1.20. The largest absolute Gasteiger partial charge is 0.457 e. The van der Waals surface area contributed by atoms with Crippen LogP contribution >= 0.6 is 0 Å². The molecule has 1 N–H and O–H groups in total. The number of nitrogens with zero attached hydrogens (tertiary/aromatic N) is 4. The van der Waals surface area contributed by atoms with Crippen molar-refractivity contribution in [2.75, 3.05) is 19.6 Å². The third-order valence-electron chi connectivity index (χ3n) is 9.27. The number of piperidine rings is 1. The number of likely N-dealkylation sites (tertiary alicyclic amines) is 2. The molecule has 1 saturated carbocycles. The van der Waals surface area contributed by atoms with Crippen LogP contribution in [0.3, 0.4) is 0 Å². The van der Waals surface area contributed by atoms with E-state index in [2.05, 4.69) is 34.3 Å². The molecule has 1 atom stereocenters. The van der Waals surface area contributed by atoms with E-state index in [1.165, 1.54) is 31.4 Å². The van der Waals surface area contributed by atoms with E-state index in [4.69, 9.17) is 4.74 Å². The summed E-state index contributed by atoms with van der Waals surface area (Å²) in [5, 5.41) is 11.7. The molecule has 3 aliphatic rings. The van der Waals surface area contributed by atoms with Gasteiger partial charge in [0.15, 0.2) is 0 Å². The first-order chi connectivity index (χ1) is 21.2. The first kappa shape index (κ1) is 30.2. The summed E-state index contributed by atoms with van der Waals surface area (Å²) in [7, 11) is 0. The number of nitrogens with one attached hydrogen (secondary N) is 1. The number of carbonyl (C=O) groups excluding carboxylic acids is 2. The fraction of sp³-hybridized carbons (Fsp3) is 0.486. The van der Waals surface area contributed by atoms with Crippen LogP contribution in [0.2, 0.25) is 0 Å². The van der Waals surface area contributed by atoms with Crippen LogP contribution in [0.1, 0.15) is 86.8 Å². The van der Waals surface area contributed by atoms with E-state index in [1.807, 2.05) is 43.3 Å². The Morgan fingerprint density at radius 2 is 1.80 bits per heavy atom. The lowest BCUT2D eigenvalue weighted by Gasteiger charge is -2.41. The maximum absolute atomic E-state index is 15.5. The minimum Gasteiger partial charge on any atom is -0.457 e. The second kappa shape index (κ2) is 13.0. The Morgan fingerprint density at radius 3 is 2.39 bits per heavy atom. The van der Waals surface area contributed by atoms with Crippen LogP contribution in [0.25, 0.3) is 11.3 Å². The highest BCUT2D eigenvalue weighted by Gasteiger charge is 2.31. The van der Waals surface area contributed by atoms with Crippen molar-refractivity contribution in [2.24, 2.45) is 5.92 Å². The lowest BCUT2D eigenvalue weighted by atomic mass is 9.89. The van der Waals surface area contributed by atoms with E-state index in [0.29, 0.717) is 42.0 Å². The summed E-state index contributed by atoms with van der Waals surface area (Å²) < 4.78 is 21.8. The number of amides is 2. The predicted octanol–water partition coefficient (Wildman–Crippen LogP) is 6.31. The number of benzene rings is 2. The monoisotopic (exact) mass is 599 g/mol. The summed E-state index contributed by atoms with van der Waals surface area (Å²) in [5.41, 5.74) is 3.04. The molecule has 9 heteroatoms. The number of hydrogen-bond donors (Lipinski definition) is 1. The van der Waals surface area contributed by atoms with Crippen LogP contribution in [0.5, 0.6) is 11.5 Å². The number of hydrogen-bond acceptors (Lipinski definition) is 6. The number of rotatable bonds is 9. The van der Waals surface area contributed by atoms with E-state index in [-0.39, 0.29) is 30.0 Å². The summed E-state index contributed by atoms with van der Waals surface area (Å²) in [5.74, 6) is 0.409. The van der Waals surface area contributed by atoms with Gasteiger partial charge in [0.25, 0.3) is 5.91 Å². The molecule has 0 spiro atoms. The Kier molecular flexibility index (Phi) is 8.93. The van der Waals surface area contributed by atoms with Crippen LogP contribution in [-0.2, 0) is 11.3 Å². The van der Waals surface area contributed by atoms with Crippen molar-refractivity contribution >= 4 is 11.8 Å². The fourth-order valence-electron chi connectivity index (χ4n) is 6.36. The fourth-order valence-corrected chi connectivity index (χ4v) is 6.36. The summed E-state index contributed by atoms with van der Waals surface area (Å²) in [6.07, 6.45) is 6.02. The minimum absolute atomic E-state index is 0.0104. The molecule has 232 valence electrons. The van der Waals surface area contributed by atoms with Gasteiger partial charge in [-0.15, -0.1) is 0 Å². The molecule has 44 heavy (non-hydrogen) atoms. The summed E-state index contributed by atoms with van der Waals surface area (Å²) in [6, 6.07) is 14.9. The lowest BCUT2D eigenvalue weighted by Crippen LogP contribution is -2.49. The average molecular weight is 600 g/mol. The second-order valence-electron chi connectivity index (χ2n) is 13.0. The molecule has 6 rings (SSSR count). The van der Waals surface area contributed by atoms with Crippen molar-refractivity contribution in [1.29, 1.82) is 0 Å². The van der Waals surface area contributed by atoms with E-state index in [1.54, 1.807) is 4.90 Å². The Bertz CT molecular complexity index is 1480. The Labute approximate surface area is 259 Å². The molecule has 2 aliphatic heterocycles. The zero-order chi connectivity index (χ0) is 30.8. The first-order valence-electron chi connectivity index (χ1n) is 16.0. The van der Waals surface area contributed by atoms with Crippen LogP contribution in [-0.4, -0.2) is 63.5 Å². The normalized spacial score (nSPS) is 19.8. The third kappa shape index (κ3) is 6.78. The molecule has 0 radical (unpaired) electrons. The van der Waals surface area contributed by atoms with Gasteiger partial charge in [-0.3, -0.25) is 9.59 Å². The van der Waals surface area contributed by atoms with Gasteiger partial charge >= 0.3 is 0 Å². The first-order valence-corrected chi connectivity index (χ1v) is 16.0. The van der Waals surface area contributed by atoms with Crippen molar-refractivity contribution in [3.63, 3.8) is 0 Å². The molecule has 2 aromatic carbocycles. The molecular formula is C35H42FN5O3. The Morgan fingerprint density at radius 1 is 1.05 bits per heavy atom. The summed E-state index contributed by atoms with van der Waals surface area (Å²) in [4.78, 5) is 30.2. The van der Waals surface area contributed by atoms with Crippen LogP contribution < -0.4 is 10.1 Å². The van der Waals surface area contributed by atoms with Gasteiger partial charge in [-0.1, -0.05) is 27.2 Å². The van der Waals surface area contributed by atoms with Gasteiger partial charge in [-0.05, 0) is 86.1 Å². The summed E-state index contributed by atoms with van der Waals surface area (Å²) in [6.45, 7) is 8.92. The van der Waals surface area contributed by atoms with E-state index < -0.39 is 11.7 Å². The molecule has 3 heterocycles. The topological polar surface area (TPSA) is 87.7 Å². The maximum Gasteiger partial charge on any atom is 0.254 e. The molecule has 8 nitrogen and oxygen atoms in total. The predicted molar refractivity (Wildman–Crippen MR) is 167 cm³/mol. The number of halogens is 1. The minimum atomic E-state index is -0.616. The quantitative estimate of drug-likeness (QED) is 0.310. The molecule has 1 aliphatic carbocycles. The molecule has 0 unspecified atom stereocenters. The van der Waals surface area contributed by atoms with Gasteiger partial charge in [0.2, 0.25) is 5.91 Å². The molecule has 3 fully saturated rings. The highest BCUT2D eigenvalue weighted by atomic mass is 19.1. The van der Waals surface area contributed by atoms with Gasteiger partial charge in [0, 0.05) is 55.8 Å². The van der Waals surface area contributed by atoms with Gasteiger partial charge in [-0.25, -0.2) is 4.39 Å². The van der Waals surface area contributed by atoms with Crippen LogP contribution in [0, 0.1) is 11.7 Å². The van der Waals surface area contributed by atoms with Crippen LogP contribution in [0.15, 0.2) is 48.5 Å². The standard InChI is InChI=1S/C35H42FN5O3/c1-22(2)31-11-12-32(39-38-31)24-7-9-28(10-8-24)44-33-19-29(30(36)18-25(33)21-41-20-23(3)17-34(41)42)35(43)37-26-13-15-40(16-14-26)27-5-4-6-27/h7-12,18-19,22-23,26-27H,4-6,13-17,20-21H2,1-3H3,(H,37,43)/t23-/m0/s1. The molecule has 1 aromatic heterocycles. The molecule has 2 saturated heterocycles. The Hall–Kier alpha value is -3.85. The van der Waals surface area contributed by atoms with Gasteiger partial charge in [0.05, 0.1) is 17.0 Å². The van der Waals surface area contributed by atoms with E-state index >= 15 is 4.39 Å². The number of ether oxygens (including phenoxy) is 1. The maximum atomic E-state index is 15.5. The van der Waals surface area contributed by atoms with Crippen molar-refractivity contribution in [1.82, 2.24) is 25.3 Å². The van der Waals surface area contributed by atoms with Gasteiger partial charge < -0.3 is 19.9 Å². The number of aromatic nitrogens is 2.